The van der Waals surface area contributed by atoms with Crippen LogP contribution in [0.15, 0.2) is 82.6 Å². The van der Waals surface area contributed by atoms with Gasteiger partial charge in [-0.3, -0.25) is 19.2 Å². The van der Waals surface area contributed by atoms with Crippen molar-refractivity contribution >= 4 is 67.6 Å². The molecule has 0 aromatic heterocycles. The quantitative estimate of drug-likeness (QED) is 0.115. The number of imide groups is 2. The number of carbonyl (C=O) groups excluding carboxylic acids is 8. The number of hydrogen-bond donors (Lipinski definition) is 0. The summed E-state index contributed by atoms with van der Waals surface area (Å²) in [5, 5.41) is 0. The van der Waals surface area contributed by atoms with E-state index in [2.05, 4.69) is 13.2 Å². The van der Waals surface area contributed by atoms with E-state index >= 15 is 0 Å². The zero-order valence-corrected chi connectivity index (χ0v) is 32.3. The largest absolute Gasteiger partial charge is 0.458 e. The Balaban J connectivity index is 0.000000300. The second-order valence-electron chi connectivity index (χ2n) is 12.4. The minimum atomic E-state index is -4.31. The molecule has 0 bridgehead atoms. The van der Waals surface area contributed by atoms with Crippen molar-refractivity contribution in [3.8, 4) is 0 Å². The van der Waals surface area contributed by atoms with Crippen LogP contribution in [0.1, 0.15) is 74.1 Å². The number of benzene rings is 2. The molecule has 0 spiro atoms. The summed E-state index contributed by atoms with van der Waals surface area (Å²) in [5.41, 5.74) is 0.530. The smallest absolute Gasteiger partial charge is 0.338 e. The summed E-state index contributed by atoms with van der Waals surface area (Å²) >= 11 is 0. The Morgan fingerprint density at radius 3 is 1.29 bits per heavy atom. The average molecular weight is 819 g/mol. The fourth-order valence-electron chi connectivity index (χ4n) is 4.58. The molecule has 2 unspecified atom stereocenters. The molecule has 2 aromatic carbocycles. The zero-order valence-electron chi connectivity index (χ0n) is 30.7. The first kappa shape index (κ1) is 44.4. The van der Waals surface area contributed by atoms with Crippen LogP contribution in [0, 0.1) is 0 Å². The van der Waals surface area contributed by atoms with Crippen molar-refractivity contribution in [2.24, 2.45) is 0 Å². The standard InChI is InChI=1S/2C18H19NO8S/c1-11(2)17(22)27-12(3)10-26-18(23)13-4-6-14(7-5-13)28(24,25)19-15(20)8-9-16(19)21;1-11(2)17(22)26-10-12(3)27-18(23)13-4-6-14(7-5-13)28(24,25)19-15(20)8-9-16(19)21/h2*4-7,12H,1,8-10H2,2-3H3. The Labute approximate surface area is 322 Å². The van der Waals surface area contributed by atoms with Crippen LogP contribution in [0.2, 0.25) is 0 Å². The molecule has 2 aliphatic heterocycles. The van der Waals surface area contributed by atoms with Crippen LogP contribution in [0.3, 0.4) is 0 Å². The minimum Gasteiger partial charge on any atom is -0.458 e. The molecule has 2 aromatic rings. The fourth-order valence-corrected chi connectivity index (χ4v) is 7.40. The first-order valence-corrected chi connectivity index (χ1v) is 19.4. The number of amides is 4. The lowest BCUT2D eigenvalue weighted by molar-refractivity contribution is -0.145. The Morgan fingerprint density at radius 1 is 0.571 bits per heavy atom. The number of carbonyl (C=O) groups is 8. The number of nitrogens with zero attached hydrogens (tertiary/aromatic N) is 2. The van der Waals surface area contributed by atoms with E-state index < -0.39 is 79.8 Å². The molecule has 2 heterocycles. The fraction of sp³-hybridized carbons (Fsp3) is 0.333. The normalized spacial score (nSPS) is 15.3. The van der Waals surface area contributed by atoms with Crippen LogP contribution in [0.4, 0.5) is 0 Å². The maximum atomic E-state index is 12.4. The van der Waals surface area contributed by atoms with Crippen molar-refractivity contribution in [3.63, 3.8) is 0 Å². The van der Waals surface area contributed by atoms with E-state index in [1.165, 1.54) is 52.0 Å². The molecule has 0 saturated carbocycles. The van der Waals surface area contributed by atoms with Crippen molar-refractivity contribution in [3.05, 3.63) is 84.0 Å². The number of ether oxygens (including phenoxy) is 4. The molecule has 2 aliphatic rings. The molecule has 2 atom stereocenters. The van der Waals surface area contributed by atoms with E-state index in [9.17, 15) is 55.2 Å². The lowest BCUT2D eigenvalue weighted by atomic mass is 10.2. The predicted molar refractivity (Wildman–Crippen MR) is 191 cm³/mol. The molecule has 4 rings (SSSR count). The van der Waals surface area contributed by atoms with Gasteiger partial charge in [0.25, 0.3) is 20.0 Å². The van der Waals surface area contributed by atoms with Gasteiger partial charge in [0.15, 0.2) is 0 Å². The molecule has 4 amide bonds. The number of sulfonamides is 2. The summed E-state index contributed by atoms with van der Waals surface area (Å²) in [7, 11) is -8.62. The van der Waals surface area contributed by atoms with Gasteiger partial charge in [0.05, 0.1) is 20.9 Å². The van der Waals surface area contributed by atoms with Gasteiger partial charge in [-0.25, -0.2) is 36.0 Å². The highest BCUT2D eigenvalue weighted by Crippen LogP contribution is 2.25. The van der Waals surface area contributed by atoms with Gasteiger partial charge >= 0.3 is 23.9 Å². The Hall–Kier alpha value is -6.02. The third kappa shape index (κ3) is 11.0. The minimum absolute atomic E-state index is 0.0519. The van der Waals surface area contributed by atoms with Crippen LogP contribution in [0.25, 0.3) is 0 Å². The monoisotopic (exact) mass is 818 g/mol. The molecule has 2 fully saturated rings. The van der Waals surface area contributed by atoms with Crippen molar-refractivity contribution in [1.29, 1.82) is 0 Å². The summed E-state index contributed by atoms with van der Waals surface area (Å²) in [4.78, 5) is 92.9. The van der Waals surface area contributed by atoms with E-state index in [1.807, 2.05) is 0 Å². The van der Waals surface area contributed by atoms with Gasteiger partial charge in [0.2, 0.25) is 23.6 Å². The lowest BCUT2D eigenvalue weighted by Crippen LogP contribution is -2.35. The number of esters is 4. The predicted octanol–water partition coefficient (Wildman–Crippen LogP) is 2.38. The van der Waals surface area contributed by atoms with Crippen LogP contribution < -0.4 is 0 Å². The van der Waals surface area contributed by atoms with Gasteiger partial charge in [-0.15, -0.1) is 0 Å². The van der Waals surface area contributed by atoms with E-state index in [0.29, 0.717) is 0 Å². The average Bonchev–Trinajstić information content (AvgIpc) is 3.68. The van der Waals surface area contributed by atoms with Crippen molar-refractivity contribution < 1.29 is 74.1 Å². The molecule has 20 heteroatoms. The highest BCUT2D eigenvalue weighted by Gasteiger charge is 2.41. The van der Waals surface area contributed by atoms with E-state index in [-0.39, 0.29) is 79.6 Å². The van der Waals surface area contributed by atoms with Crippen LogP contribution in [-0.4, -0.2) is 98.4 Å². The van der Waals surface area contributed by atoms with E-state index in [0.717, 1.165) is 24.3 Å². The Kier molecular flexibility index (Phi) is 14.7. The molecule has 2 saturated heterocycles. The Morgan fingerprint density at radius 2 is 0.911 bits per heavy atom. The maximum Gasteiger partial charge on any atom is 0.338 e. The highest BCUT2D eigenvalue weighted by atomic mass is 32.2. The maximum absolute atomic E-state index is 12.4. The summed E-state index contributed by atoms with van der Waals surface area (Å²) < 4.78 is 70.2. The summed E-state index contributed by atoms with van der Waals surface area (Å²) in [5.74, 6) is -5.86. The third-order valence-electron chi connectivity index (χ3n) is 7.48. The van der Waals surface area contributed by atoms with Gasteiger partial charge in [0, 0.05) is 36.8 Å². The second-order valence-corrected chi connectivity index (χ2v) is 15.9. The molecule has 0 radical (unpaired) electrons. The topological polar surface area (TPSA) is 248 Å². The van der Waals surface area contributed by atoms with E-state index in [1.54, 1.807) is 0 Å². The van der Waals surface area contributed by atoms with Crippen molar-refractivity contribution in [1.82, 2.24) is 8.61 Å². The second kappa shape index (κ2) is 18.5. The van der Waals surface area contributed by atoms with Gasteiger partial charge in [0.1, 0.15) is 25.4 Å². The van der Waals surface area contributed by atoms with E-state index in [4.69, 9.17) is 18.9 Å². The first-order chi connectivity index (χ1) is 26.1. The third-order valence-corrected chi connectivity index (χ3v) is 11.0. The SMILES string of the molecule is C=C(C)C(=O)OC(C)COC(=O)c1ccc(S(=O)(=O)N2C(=O)CCC2=O)cc1.C=C(C)C(=O)OCC(C)OC(=O)c1ccc(S(=O)(=O)N2C(=O)CCC2=O)cc1. The highest BCUT2D eigenvalue weighted by molar-refractivity contribution is 7.90. The van der Waals surface area contributed by atoms with Gasteiger partial charge in [-0.05, 0) is 76.2 Å². The molecule has 0 aliphatic carbocycles. The van der Waals surface area contributed by atoms with Crippen molar-refractivity contribution in [2.75, 3.05) is 13.2 Å². The molecule has 0 N–H and O–H groups in total. The van der Waals surface area contributed by atoms with Gasteiger partial charge < -0.3 is 18.9 Å². The molecular weight excluding hydrogens is 781 g/mol. The lowest BCUT2D eigenvalue weighted by Gasteiger charge is -2.15. The summed E-state index contributed by atoms with van der Waals surface area (Å²) in [6, 6.07) is 9.23. The molecule has 56 heavy (non-hydrogen) atoms. The van der Waals surface area contributed by atoms with Crippen LogP contribution in [-0.2, 0) is 67.8 Å². The Bertz CT molecular complexity index is 2140. The van der Waals surface area contributed by atoms with Gasteiger partial charge in [-0.1, -0.05) is 13.2 Å². The van der Waals surface area contributed by atoms with Gasteiger partial charge in [-0.2, -0.15) is 8.61 Å². The molecule has 300 valence electrons. The summed E-state index contributed by atoms with van der Waals surface area (Å²) in [6.45, 7) is 12.5. The van der Waals surface area contributed by atoms with Crippen LogP contribution >= 0.6 is 0 Å². The first-order valence-electron chi connectivity index (χ1n) is 16.6. The zero-order chi connectivity index (χ0) is 42.1. The van der Waals surface area contributed by atoms with Crippen LogP contribution in [0.5, 0.6) is 0 Å². The number of hydrogen-bond acceptors (Lipinski definition) is 16. The summed E-state index contributed by atoms with van der Waals surface area (Å²) in [6.07, 6.45) is -2.06. The van der Waals surface area contributed by atoms with Crippen molar-refractivity contribution in [2.45, 2.75) is 75.4 Å². The number of rotatable bonds is 14. The molecular formula is C36H38N2O16S2. The molecule has 18 nitrogen and oxygen atoms in total.